The van der Waals surface area contributed by atoms with Crippen molar-refractivity contribution in [3.63, 3.8) is 0 Å². The van der Waals surface area contributed by atoms with E-state index in [4.69, 9.17) is 6.42 Å². The average Bonchev–Trinajstić information content (AvgIpc) is 2.40. The molecule has 0 saturated carbocycles. The summed E-state index contributed by atoms with van der Waals surface area (Å²) in [4.78, 5) is 12.2. The van der Waals surface area contributed by atoms with Gasteiger partial charge < -0.3 is 10.4 Å². The minimum atomic E-state index is -5.30. The first kappa shape index (κ1) is 16.0. The largest absolute Gasteiger partial charge is 0.418 e. The molecule has 2 atom stereocenters. The van der Waals surface area contributed by atoms with Gasteiger partial charge in [0.05, 0.1) is 17.4 Å². The number of halogens is 5. The van der Waals surface area contributed by atoms with Gasteiger partial charge in [-0.15, -0.1) is 0 Å². The van der Waals surface area contributed by atoms with Crippen LogP contribution in [0.2, 0.25) is 0 Å². The van der Waals surface area contributed by atoms with Crippen molar-refractivity contribution in [2.75, 3.05) is 4.90 Å². The maximum Gasteiger partial charge on any atom is 0.418 e. The third-order valence-electron chi connectivity index (χ3n) is 3.42. The molecular formula is C13H9F5N2O2. The number of urea groups is 1. The monoisotopic (exact) mass is 320 g/mol. The van der Waals surface area contributed by atoms with E-state index >= 15 is 0 Å². The van der Waals surface area contributed by atoms with Gasteiger partial charge in [-0.2, -0.15) is 13.2 Å². The van der Waals surface area contributed by atoms with Gasteiger partial charge in [-0.25, -0.2) is 18.5 Å². The number of rotatable bonds is 1. The van der Waals surface area contributed by atoms with Crippen LogP contribution in [-0.2, 0) is 5.54 Å². The Balaban J connectivity index is 2.94. The number of hydrogen-bond donors (Lipinski definition) is 2. The molecule has 118 valence electrons. The molecule has 2 unspecified atom stereocenters. The van der Waals surface area contributed by atoms with Crippen LogP contribution >= 0.6 is 0 Å². The topological polar surface area (TPSA) is 52.6 Å². The molecule has 1 aliphatic rings. The van der Waals surface area contributed by atoms with E-state index in [1.807, 2.05) is 0 Å². The van der Waals surface area contributed by atoms with Gasteiger partial charge in [0.25, 0.3) is 0 Å². The molecule has 0 spiro atoms. The third kappa shape index (κ3) is 1.91. The molecule has 2 amide bonds. The zero-order valence-corrected chi connectivity index (χ0v) is 11.0. The van der Waals surface area contributed by atoms with Gasteiger partial charge in [-0.3, -0.25) is 0 Å². The van der Waals surface area contributed by atoms with Crippen molar-refractivity contribution >= 4 is 11.7 Å². The lowest BCUT2D eigenvalue weighted by atomic mass is 9.81. The van der Waals surface area contributed by atoms with Crippen LogP contribution < -0.4 is 10.2 Å². The molecule has 1 aromatic carbocycles. The Morgan fingerprint density at radius 1 is 1.41 bits per heavy atom. The fraction of sp³-hybridized carbons (Fsp3) is 0.308. The molecule has 0 fully saturated rings. The number of aliphatic hydroxyl groups excluding tert-OH is 1. The molecule has 4 nitrogen and oxygen atoms in total. The second kappa shape index (κ2) is 4.84. The van der Waals surface area contributed by atoms with Gasteiger partial charge in [0.15, 0.2) is 17.2 Å². The molecule has 1 aliphatic heterocycles. The summed E-state index contributed by atoms with van der Waals surface area (Å²) < 4.78 is 68.0. The van der Waals surface area contributed by atoms with Crippen LogP contribution in [0.5, 0.6) is 0 Å². The number of terminal acetylenes is 1. The predicted octanol–water partition coefficient (Wildman–Crippen LogP) is 2.22. The summed E-state index contributed by atoms with van der Waals surface area (Å²) in [6.07, 6.45) is -2.58. The number of nitrogens with zero attached hydrogens (tertiary/aromatic N) is 1. The summed E-state index contributed by atoms with van der Waals surface area (Å²) in [5.41, 5.74) is -5.45. The minimum absolute atomic E-state index is 0.365. The highest BCUT2D eigenvalue weighted by molar-refractivity contribution is 5.99. The van der Waals surface area contributed by atoms with E-state index < -0.39 is 46.7 Å². The highest BCUT2D eigenvalue weighted by atomic mass is 19.4. The van der Waals surface area contributed by atoms with Gasteiger partial charge in [0.1, 0.15) is 0 Å². The van der Waals surface area contributed by atoms with Crippen LogP contribution in [-0.4, -0.2) is 23.4 Å². The summed E-state index contributed by atoms with van der Waals surface area (Å²) in [5.74, 6) is -3.42. The SMILES string of the molecule is C#CN1C(=O)NC(C(C)O)(C(F)(F)F)c2c1ccc(F)c2F. The van der Waals surface area contributed by atoms with Crippen molar-refractivity contribution in [3.8, 4) is 12.5 Å². The normalized spacial score (nSPS) is 22.6. The van der Waals surface area contributed by atoms with Gasteiger partial charge in [-0.05, 0) is 19.1 Å². The number of amides is 2. The molecular weight excluding hydrogens is 311 g/mol. The van der Waals surface area contributed by atoms with Crippen LogP contribution in [0.1, 0.15) is 12.5 Å². The number of anilines is 1. The van der Waals surface area contributed by atoms with Crippen molar-refractivity contribution < 1.29 is 31.9 Å². The van der Waals surface area contributed by atoms with E-state index in [2.05, 4.69) is 0 Å². The molecule has 0 aromatic heterocycles. The summed E-state index contributed by atoms with van der Waals surface area (Å²) >= 11 is 0. The Kier molecular flexibility index (Phi) is 3.53. The number of hydrogen-bond acceptors (Lipinski definition) is 2. The molecule has 0 aliphatic carbocycles. The van der Waals surface area contributed by atoms with Crippen molar-refractivity contribution in [1.82, 2.24) is 5.32 Å². The molecule has 0 saturated heterocycles. The maximum absolute atomic E-state index is 14.1. The van der Waals surface area contributed by atoms with Crippen molar-refractivity contribution in [1.29, 1.82) is 0 Å². The van der Waals surface area contributed by atoms with Crippen LogP contribution in [0.15, 0.2) is 12.1 Å². The maximum atomic E-state index is 14.1. The lowest BCUT2D eigenvalue weighted by Crippen LogP contribution is -2.67. The highest BCUT2D eigenvalue weighted by Gasteiger charge is 2.65. The number of aliphatic hydroxyl groups is 1. The fourth-order valence-electron chi connectivity index (χ4n) is 2.39. The van der Waals surface area contributed by atoms with Crippen LogP contribution in [0.3, 0.4) is 0 Å². The number of carbonyl (C=O) groups excluding carboxylic acids is 1. The molecule has 1 aromatic rings. The summed E-state index contributed by atoms with van der Waals surface area (Å²) in [6, 6.07) is 1.67. The standard InChI is InChI=1S/C13H9F5N2O2/c1-3-20-8-5-4-7(14)10(15)9(8)12(6(2)21,13(16,17)18)19-11(20)22/h1,4-6,21H,2H3,(H,19,22). The second-order valence-corrected chi connectivity index (χ2v) is 4.63. The number of alkyl halides is 3. The van der Waals surface area contributed by atoms with E-state index in [9.17, 15) is 31.9 Å². The van der Waals surface area contributed by atoms with Gasteiger partial charge in [0, 0.05) is 6.04 Å². The van der Waals surface area contributed by atoms with Gasteiger partial charge in [-0.1, -0.05) is 6.42 Å². The summed E-state index contributed by atoms with van der Waals surface area (Å²) in [6.45, 7) is 0.702. The van der Waals surface area contributed by atoms with Crippen LogP contribution in [0, 0.1) is 24.1 Å². The molecule has 1 heterocycles. The van der Waals surface area contributed by atoms with E-state index in [0.29, 0.717) is 17.9 Å². The lowest BCUT2D eigenvalue weighted by molar-refractivity contribution is -0.224. The second-order valence-electron chi connectivity index (χ2n) is 4.63. The van der Waals surface area contributed by atoms with E-state index in [-0.39, 0.29) is 0 Å². The third-order valence-corrected chi connectivity index (χ3v) is 3.42. The Morgan fingerprint density at radius 2 is 2.00 bits per heavy atom. The number of benzene rings is 1. The molecule has 2 rings (SSSR count). The van der Waals surface area contributed by atoms with E-state index in [0.717, 1.165) is 6.07 Å². The average molecular weight is 320 g/mol. The van der Waals surface area contributed by atoms with Crippen molar-refractivity contribution in [3.05, 3.63) is 29.3 Å². The number of carbonyl (C=O) groups is 1. The van der Waals surface area contributed by atoms with Crippen molar-refractivity contribution in [2.24, 2.45) is 0 Å². The van der Waals surface area contributed by atoms with E-state index in [1.165, 1.54) is 5.32 Å². The summed E-state index contributed by atoms with van der Waals surface area (Å²) in [7, 11) is 0. The molecule has 2 N–H and O–H groups in total. The van der Waals surface area contributed by atoms with Gasteiger partial charge >= 0.3 is 12.2 Å². The first-order valence-electron chi connectivity index (χ1n) is 5.89. The molecule has 9 heteroatoms. The summed E-state index contributed by atoms with van der Waals surface area (Å²) in [5, 5.41) is 11.1. The zero-order valence-electron chi connectivity index (χ0n) is 11.0. The lowest BCUT2D eigenvalue weighted by Gasteiger charge is -2.44. The first-order valence-corrected chi connectivity index (χ1v) is 5.89. The Bertz CT molecular complexity index is 680. The fourth-order valence-corrected chi connectivity index (χ4v) is 2.39. The highest BCUT2D eigenvalue weighted by Crippen LogP contribution is 2.48. The minimum Gasteiger partial charge on any atom is -0.390 e. The predicted molar refractivity (Wildman–Crippen MR) is 65.6 cm³/mol. The van der Waals surface area contributed by atoms with Crippen molar-refractivity contribution in [2.45, 2.75) is 24.7 Å². The van der Waals surface area contributed by atoms with E-state index in [1.54, 1.807) is 6.04 Å². The first-order chi connectivity index (χ1) is 10.1. The quantitative estimate of drug-likeness (QED) is 0.616. The van der Waals surface area contributed by atoms with Crippen LogP contribution in [0.25, 0.3) is 0 Å². The zero-order chi connectivity index (χ0) is 16.9. The molecule has 0 radical (unpaired) electrons. The Labute approximate surface area is 121 Å². The number of fused-ring (bicyclic) bond motifs is 1. The number of nitrogens with one attached hydrogen (secondary N) is 1. The molecule has 22 heavy (non-hydrogen) atoms. The van der Waals surface area contributed by atoms with Gasteiger partial charge in [0.2, 0.25) is 0 Å². The Hall–Kier alpha value is -2.34. The molecule has 0 bridgehead atoms. The van der Waals surface area contributed by atoms with Crippen LogP contribution in [0.4, 0.5) is 32.4 Å². The smallest absolute Gasteiger partial charge is 0.390 e. The Morgan fingerprint density at radius 3 is 2.45 bits per heavy atom.